The molecule has 1 unspecified atom stereocenters. The lowest BCUT2D eigenvalue weighted by Crippen LogP contribution is -2.42. The predicted octanol–water partition coefficient (Wildman–Crippen LogP) is 2.97. The van der Waals surface area contributed by atoms with Crippen molar-refractivity contribution < 1.29 is 19.1 Å². The van der Waals surface area contributed by atoms with E-state index in [0.717, 1.165) is 40.4 Å². The maximum Gasteiger partial charge on any atom is 0.326 e. The van der Waals surface area contributed by atoms with Crippen LogP contribution in [-0.2, 0) is 32.9 Å². The highest BCUT2D eigenvalue weighted by Crippen LogP contribution is 2.41. The van der Waals surface area contributed by atoms with Crippen LogP contribution in [0.25, 0.3) is 0 Å². The molecule has 2 aliphatic rings. The van der Waals surface area contributed by atoms with Gasteiger partial charge in [-0.2, -0.15) is 0 Å². The molecular formula is C24H27N3O4. The van der Waals surface area contributed by atoms with E-state index in [9.17, 15) is 14.4 Å². The van der Waals surface area contributed by atoms with E-state index in [2.05, 4.69) is 24.1 Å². The maximum atomic E-state index is 13.2. The van der Waals surface area contributed by atoms with Gasteiger partial charge in [-0.3, -0.25) is 14.5 Å². The summed E-state index contributed by atoms with van der Waals surface area (Å²) in [4.78, 5) is 41.4. The minimum atomic E-state index is -1.07. The molecule has 1 N–H and O–H groups in total. The number of carbonyl (C=O) groups excluding carboxylic acids is 3. The summed E-state index contributed by atoms with van der Waals surface area (Å²) in [5.41, 5.74) is 2.70. The molecule has 0 aromatic heterocycles. The molecule has 1 fully saturated rings. The van der Waals surface area contributed by atoms with Crippen molar-refractivity contribution in [3.63, 3.8) is 0 Å². The number of nitrogens with zero attached hydrogens (tertiary/aromatic N) is 2. The van der Waals surface area contributed by atoms with Crippen molar-refractivity contribution in [1.82, 2.24) is 10.2 Å². The third kappa shape index (κ3) is 3.65. The molecule has 7 heteroatoms. The van der Waals surface area contributed by atoms with Crippen LogP contribution < -0.4 is 10.2 Å². The van der Waals surface area contributed by atoms with Gasteiger partial charge in [0, 0.05) is 24.3 Å². The van der Waals surface area contributed by atoms with Crippen molar-refractivity contribution in [1.29, 1.82) is 0 Å². The topological polar surface area (TPSA) is 79.0 Å². The first-order valence-corrected chi connectivity index (χ1v) is 10.7. The quantitative estimate of drug-likeness (QED) is 0.549. The van der Waals surface area contributed by atoms with Crippen LogP contribution in [0.5, 0.6) is 0 Å². The summed E-state index contributed by atoms with van der Waals surface area (Å²) in [6.07, 6.45) is 1.21. The minimum Gasteiger partial charge on any atom is -0.459 e. The van der Waals surface area contributed by atoms with Crippen LogP contribution in [0, 0.1) is 0 Å². The molecule has 4 rings (SSSR count). The third-order valence-electron chi connectivity index (χ3n) is 6.19. The molecule has 1 spiro atoms. The highest BCUT2D eigenvalue weighted by Gasteiger charge is 2.55. The van der Waals surface area contributed by atoms with E-state index in [1.807, 2.05) is 48.5 Å². The third-order valence-corrected chi connectivity index (χ3v) is 6.19. The smallest absolute Gasteiger partial charge is 0.326 e. The zero-order chi connectivity index (χ0) is 22.0. The Bertz CT molecular complexity index is 1020. The van der Waals surface area contributed by atoms with Gasteiger partial charge in [0.05, 0.1) is 0 Å². The Balaban J connectivity index is 1.44. The molecule has 2 aromatic carbocycles. The van der Waals surface area contributed by atoms with Crippen LogP contribution in [0.15, 0.2) is 48.5 Å². The van der Waals surface area contributed by atoms with E-state index in [1.165, 1.54) is 0 Å². The number of hydrogen-bond acceptors (Lipinski definition) is 5. The Morgan fingerprint density at radius 3 is 2.58 bits per heavy atom. The number of benzene rings is 2. The summed E-state index contributed by atoms with van der Waals surface area (Å²) in [7, 11) is 0. The molecule has 7 nitrogen and oxygen atoms in total. The van der Waals surface area contributed by atoms with Crippen LogP contribution in [0.3, 0.4) is 0 Å². The fraction of sp³-hybridized carbons (Fsp3) is 0.375. The van der Waals surface area contributed by atoms with Gasteiger partial charge in [0.15, 0.2) is 0 Å². The highest BCUT2D eigenvalue weighted by atomic mass is 16.5. The lowest BCUT2D eigenvalue weighted by Gasteiger charge is -2.24. The number of urea groups is 1. The first-order chi connectivity index (χ1) is 15.0. The fourth-order valence-electron chi connectivity index (χ4n) is 4.57. The van der Waals surface area contributed by atoms with Gasteiger partial charge >= 0.3 is 12.0 Å². The average Bonchev–Trinajstić information content (AvgIpc) is 3.27. The van der Waals surface area contributed by atoms with Crippen molar-refractivity contribution in [2.75, 3.05) is 24.5 Å². The van der Waals surface area contributed by atoms with Crippen molar-refractivity contribution in [2.45, 2.75) is 38.8 Å². The predicted molar refractivity (Wildman–Crippen MR) is 116 cm³/mol. The van der Waals surface area contributed by atoms with Crippen LogP contribution in [0.2, 0.25) is 0 Å². The van der Waals surface area contributed by atoms with Gasteiger partial charge in [-0.05, 0) is 43.9 Å². The number of amides is 3. The van der Waals surface area contributed by atoms with Gasteiger partial charge in [0.1, 0.15) is 18.7 Å². The van der Waals surface area contributed by atoms with Crippen LogP contribution in [0.4, 0.5) is 10.5 Å². The van der Waals surface area contributed by atoms with E-state index >= 15 is 0 Å². The number of carbonyl (C=O) groups is 3. The Morgan fingerprint density at radius 2 is 1.81 bits per heavy atom. The number of para-hydroxylation sites is 1. The molecule has 31 heavy (non-hydrogen) atoms. The first kappa shape index (κ1) is 20.9. The van der Waals surface area contributed by atoms with Gasteiger partial charge < -0.3 is 15.0 Å². The molecule has 1 aliphatic heterocycles. The molecule has 2 aromatic rings. The number of hydrogen-bond donors (Lipinski definition) is 1. The summed E-state index contributed by atoms with van der Waals surface area (Å²) < 4.78 is 5.45. The number of ether oxygens (including phenoxy) is 1. The number of esters is 1. The largest absolute Gasteiger partial charge is 0.459 e. The second-order valence-corrected chi connectivity index (χ2v) is 7.85. The Hall–Kier alpha value is -3.35. The normalized spacial score (nSPS) is 19.5. The summed E-state index contributed by atoms with van der Waals surface area (Å²) in [5, 5.41) is 2.83. The number of anilines is 1. The highest BCUT2D eigenvalue weighted by molar-refractivity contribution is 6.09. The Labute approximate surface area is 182 Å². The molecular weight excluding hydrogens is 394 g/mol. The number of rotatable bonds is 7. The Morgan fingerprint density at radius 1 is 1.10 bits per heavy atom. The monoisotopic (exact) mass is 421 g/mol. The second-order valence-electron chi connectivity index (χ2n) is 7.85. The summed E-state index contributed by atoms with van der Waals surface area (Å²) in [5.74, 6) is -0.996. The maximum absolute atomic E-state index is 13.2. The van der Waals surface area contributed by atoms with Gasteiger partial charge in [0.25, 0.3) is 5.91 Å². The fourth-order valence-corrected chi connectivity index (χ4v) is 4.57. The molecule has 1 heterocycles. The number of nitrogens with one attached hydrogen (secondary N) is 1. The molecule has 1 saturated heterocycles. The van der Waals surface area contributed by atoms with Crippen LogP contribution in [0.1, 0.15) is 37.0 Å². The van der Waals surface area contributed by atoms with Crippen molar-refractivity contribution >= 4 is 23.6 Å². The zero-order valence-corrected chi connectivity index (χ0v) is 17.9. The van der Waals surface area contributed by atoms with E-state index < -0.39 is 24.1 Å². The molecule has 1 aliphatic carbocycles. The van der Waals surface area contributed by atoms with E-state index in [0.29, 0.717) is 12.8 Å². The second kappa shape index (κ2) is 8.41. The summed E-state index contributed by atoms with van der Waals surface area (Å²) >= 11 is 0. The molecule has 162 valence electrons. The molecule has 0 saturated carbocycles. The lowest BCUT2D eigenvalue weighted by molar-refractivity contribution is -0.148. The van der Waals surface area contributed by atoms with Crippen molar-refractivity contribution in [3.05, 3.63) is 65.2 Å². The zero-order valence-electron chi connectivity index (χ0n) is 17.9. The molecule has 0 radical (unpaired) electrons. The van der Waals surface area contributed by atoms with Crippen LogP contribution >= 0.6 is 0 Å². The van der Waals surface area contributed by atoms with Crippen molar-refractivity contribution in [2.24, 2.45) is 0 Å². The number of imide groups is 1. The number of fused-ring (bicyclic) bond motifs is 2. The van der Waals surface area contributed by atoms with Gasteiger partial charge in [0.2, 0.25) is 0 Å². The standard InChI is InChI=1S/C24H27N3O4/c1-3-26(4-2)20-12-8-6-10-18(20)16-31-21(28)15-27-22(29)24(25-23(27)30)14-13-17-9-5-7-11-19(17)24/h5-12H,3-4,13-16H2,1-2H3,(H,25,30). The average molecular weight is 421 g/mol. The van der Waals surface area contributed by atoms with E-state index in [4.69, 9.17) is 4.74 Å². The first-order valence-electron chi connectivity index (χ1n) is 10.7. The van der Waals surface area contributed by atoms with E-state index in [1.54, 1.807) is 0 Å². The summed E-state index contributed by atoms with van der Waals surface area (Å²) in [6, 6.07) is 14.8. The SMILES string of the molecule is CCN(CC)c1ccccc1COC(=O)CN1C(=O)NC2(CCc3ccccc32)C1=O. The van der Waals surface area contributed by atoms with Crippen molar-refractivity contribution in [3.8, 4) is 0 Å². The Kier molecular flexibility index (Phi) is 5.67. The molecule has 0 bridgehead atoms. The summed E-state index contributed by atoms with van der Waals surface area (Å²) in [6.45, 7) is 5.51. The van der Waals surface area contributed by atoms with Gasteiger partial charge in [-0.25, -0.2) is 4.79 Å². The van der Waals surface area contributed by atoms with Gasteiger partial charge in [-0.15, -0.1) is 0 Å². The van der Waals surface area contributed by atoms with E-state index in [-0.39, 0.29) is 12.5 Å². The minimum absolute atomic E-state index is 0.0864. The lowest BCUT2D eigenvalue weighted by atomic mass is 9.92. The molecule has 3 amide bonds. The molecule has 1 atom stereocenters. The number of aryl methyl sites for hydroxylation is 1. The van der Waals surface area contributed by atoms with Crippen LogP contribution in [-0.4, -0.2) is 42.4 Å². The van der Waals surface area contributed by atoms with Gasteiger partial charge in [-0.1, -0.05) is 42.5 Å².